The SMILES string of the molecule is CC(C)(C)OC(=O)N1CCC(Nc2c(C(=O)OO)cnc3ccc(Cl)nc23)CC1. The van der Waals surface area contributed by atoms with Crippen LogP contribution in [0.25, 0.3) is 11.0 Å². The van der Waals surface area contributed by atoms with Crippen LogP contribution in [-0.4, -0.2) is 56.9 Å². The molecule has 9 nitrogen and oxygen atoms in total. The van der Waals surface area contributed by atoms with E-state index in [9.17, 15) is 9.59 Å². The number of hydrogen-bond donors (Lipinski definition) is 2. The van der Waals surface area contributed by atoms with E-state index in [0.717, 1.165) is 0 Å². The Bertz CT molecular complexity index is 923. The molecular formula is C19H23ClN4O5. The normalized spacial score (nSPS) is 15.3. The second-order valence-corrected chi connectivity index (χ2v) is 8.20. The maximum Gasteiger partial charge on any atom is 0.410 e. The summed E-state index contributed by atoms with van der Waals surface area (Å²) in [5, 5.41) is 12.4. The zero-order chi connectivity index (χ0) is 21.2. The molecule has 2 N–H and O–H groups in total. The summed E-state index contributed by atoms with van der Waals surface area (Å²) in [6.45, 7) is 6.49. The molecule has 0 unspecified atom stereocenters. The summed E-state index contributed by atoms with van der Waals surface area (Å²) in [5.74, 6) is -0.949. The van der Waals surface area contributed by atoms with Gasteiger partial charge < -0.3 is 15.0 Å². The summed E-state index contributed by atoms with van der Waals surface area (Å²) in [5.41, 5.74) is 0.816. The van der Waals surface area contributed by atoms with Gasteiger partial charge in [0.15, 0.2) is 0 Å². The minimum Gasteiger partial charge on any atom is -0.444 e. The van der Waals surface area contributed by atoms with Crippen molar-refractivity contribution in [2.24, 2.45) is 0 Å². The summed E-state index contributed by atoms with van der Waals surface area (Å²) >= 11 is 6.02. The fourth-order valence-electron chi connectivity index (χ4n) is 3.13. The van der Waals surface area contributed by atoms with Crippen LogP contribution < -0.4 is 5.32 Å². The lowest BCUT2D eigenvalue weighted by molar-refractivity contribution is -0.182. The largest absolute Gasteiger partial charge is 0.444 e. The Hall–Kier alpha value is -2.65. The van der Waals surface area contributed by atoms with Crippen molar-refractivity contribution in [1.29, 1.82) is 0 Å². The van der Waals surface area contributed by atoms with Gasteiger partial charge in [0.05, 0.1) is 11.2 Å². The lowest BCUT2D eigenvalue weighted by Gasteiger charge is -2.34. The molecule has 0 aromatic carbocycles. The van der Waals surface area contributed by atoms with Gasteiger partial charge in [-0.15, -0.1) is 0 Å². The van der Waals surface area contributed by atoms with E-state index in [0.29, 0.717) is 42.7 Å². The highest BCUT2D eigenvalue weighted by Gasteiger charge is 2.28. The minimum atomic E-state index is -0.949. The van der Waals surface area contributed by atoms with Crippen LogP contribution in [0.4, 0.5) is 10.5 Å². The summed E-state index contributed by atoms with van der Waals surface area (Å²) in [7, 11) is 0. The molecule has 0 aliphatic carbocycles. The Kier molecular flexibility index (Phi) is 6.09. The van der Waals surface area contributed by atoms with Crippen LogP contribution in [0.3, 0.4) is 0 Å². The van der Waals surface area contributed by atoms with E-state index >= 15 is 0 Å². The number of nitrogens with zero attached hydrogens (tertiary/aromatic N) is 3. The Labute approximate surface area is 172 Å². The molecule has 156 valence electrons. The first-order chi connectivity index (χ1) is 13.7. The first-order valence-electron chi connectivity index (χ1n) is 9.23. The number of fused-ring (bicyclic) bond motifs is 1. The standard InChI is InChI=1S/C19H23ClN4O5/c1-19(2,3)28-18(26)24-8-6-11(7-9-24)22-15-12(17(25)29-27)10-21-13-4-5-14(20)23-16(13)15/h4-5,10-11,27H,6-9H2,1-3H3,(H,21,22). The summed E-state index contributed by atoms with van der Waals surface area (Å²) in [4.78, 5) is 38.2. The average molecular weight is 423 g/mol. The quantitative estimate of drug-likeness (QED) is 0.437. The molecule has 1 aliphatic rings. The Morgan fingerprint density at radius 2 is 1.97 bits per heavy atom. The fraction of sp³-hybridized carbons (Fsp3) is 0.474. The monoisotopic (exact) mass is 422 g/mol. The van der Waals surface area contributed by atoms with Gasteiger partial charge in [-0.05, 0) is 45.7 Å². The highest BCUT2D eigenvalue weighted by atomic mass is 35.5. The molecule has 10 heteroatoms. The number of pyridine rings is 2. The van der Waals surface area contributed by atoms with Gasteiger partial charge >= 0.3 is 12.1 Å². The molecule has 1 fully saturated rings. The van der Waals surface area contributed by atoms with E-state index < -0.39 is 11.6 Å². The molecule has 0 saturated carbocycles. The maximum absolute atomic E-state index is 12.2. The molecule has 2 aromatic rings. The number of carbonyl (C=O) groups is 2. The fourth-order valence-corrected chi connectivity index (χ4v) is 3.28. The molecule has 0 atom stereocenters. The maximum atomic E-state index is 12.2. The minimum absolute atomic E-state index is 0.0367. The van der Waals surface area contributed by atoms with Gasteiger partial charge in [-0.25, -0.2) is 14.6 Å². The average Bonchev–Trinajstić information content (AvgIpc) is 2.67. The first kappa shape index (κ1) is 21.1. The third kappa shape index (κ3) is 5.04. The number of rotatable bonds is 3. The van der Waals surface area contributed by atoms with Crippen LogP contribution in [0.1, 0.15) is 44.0 Å². The highest BCUT2D eigenvalue weighted by molar-refractivity contribution is 6.29. The van der Waals surface area contributed by atoms with Crippen molar-refractivity contribution < 1.29 is 24.5 Å². The van der Waals surface area contributed by atoms with Gasteiger partial charge in [-0.2, -0.15) is 5.26 Å². The van der Waals surface area contributed by atoms with Crippen LogP contribution in [0.15, 0.2) is 18.3 Å². The van der Waals surface area contributed by atoms with Crippen molar-refractivity contribution in [1.82, 2.24) is 14.9 Å². The van der Waals surface area contributed by atoms with Crippen molar-refractivity contribution in [3.8, 4) is 0 Å². The number of piperidine rings is 1. The second-order valence-electron chi connectivity index (χ2n) is 7.81. The van der Waals surface area contributed by atoms with Gasteiger partial charge in [0.25, 0.3) is 0 Å². The number of carbonyl (C=O) groups excluding carboxylic acids is 2. The van der Waals surface area contributed by atoms with Gasteiger partial charge in [-0.3, -0.25) is 9.87 Å². The molecule has 3 heterocycles. The third-order valence-electron chi connectivity index (χ3n) is 4.48. The smallest absolute Gasteiger partial charge is 0.410 e. The second kappa shape index (κ2) is 8.38. The predicted octanol–water partition coefficient (Wildman–Crippen LogP) is 3.72. The molecule has 2 aromatic heterocycles. The van der Waals surface area contributed by atoms with Crippen LogP contribution in [0, 0.1) is 0 Å². The summed E-state index contributed by atoms with van der Waals surface area (Å²) < 4.78 is 5.41. The lowest BCUT2D eigenvalue weighted by Crippen LogP contribution is -2.44. The van der Waals surface area contributed by atoms with E-state index in [1.54, 1.807) is 17.0 Å². The van der Waals surface area contributed by atoms with Crippen LogP contribution in [0.5, 0.6) is 0 Å². The molecule has 0 radical (unpaired) electrons. The van der Waals surface area contributed by atoms with Gasteiger partial charge in [0, 0.05) is 25.3 Å². The van der Waals surface area contributed by atoms with E-state index in [4.69, 9.17) is 21.6 Å². The topological polar surface area (TPSA) is 114 Å². The predicted molar refractivity (Wildman–Crippen MR) is 107 cm³/mol. The number of anilines is 1. The number of aromatic nitrogens is 2. The van der Waals surface area contributed by atoms with Crippen molar-refractivity contribution in [2.45, 2.75) is 45.3 Å². The first-order valence-corrected chi connectivity index (χ1v) is 9.61. The Morgan fingerprint density at radius 1 is 1.28 bits per heavy atom. The van der Waals surface area contributed by atoms with Gasteiger partial charge in [0.2, 0.25) is 0 Å². The molecule has 1 aliphatic heterocycles. The molecule has 0 bridgehead atoms. The molecule has 29 heavy (non-hydrogen) atoms. The Balaban J connectivity index is 1.79. The Morgan fingerprint density at radius 3 is 2.59 bits per heavy atom. The van der Waals surface area contributed by atoms with E-state index in [1.807, 2.05) is 20.8 Å². The molecule has 1 saturated heterocycles. The van der Waals surface area contributed by atoms with Crippen molar-refractivity contribution in [3.63, 3.8) is 0 Å². The molecule has 0 spiro atoms. The van der Waals surface area contributed by atoms with E-state index in [-0.39, 0.29) is 22.9 Å². The highest BCUT2D eigenvalue weighted by Crippen LogP contribution is 2.29. The number of nitrogens with one attached hydrogen (secondary N) is 1. The number of likely N-dealkylation sites (tertiary alicyclic amines) is 1. The zero-order valence-electron chi connectivity index (χ0n) is 16.4. The van der Waals surface area contributed by atoms with Crippen molar-refractivity contribution in [2.75, 3.05) is 18.4 Å². The summed E-state index contributed by atoms with van der Waals surface area (Å²) in [6.07, 6.45) is 2.24. The number of amides is 1. The van der Waals surface area contributed by atoms with Gasteiger partial charge in [0.1, 0.15) is 21.8 Å². The van der Waals surface area contributed by atoms with Crippen LogP contribution in [-0.2, 0) is 9.62 Å². The summed E-state index contributed by atoms with van der Waals surface area (Å²) in [6, 6.07) is 3.25. The van der Waals surface area contributed by atoms with Crippen molar-refractivity contribution in [3.05, 3.63) is 29.0 Å². The van der Waals surface area contributed by atoms with E-state index in [2.05, 4.69) is 20.2 Å². The number of hydrogen-bond acceptors (Lipinski definition) is 8. The van der Waals surface area contributed by atoms with Crippen LogP contribution in [0.2, 0.25) is 5.15 Å². The molecule has 3 rings (SSSR count). The molecule has 1 amide bonds. The third-order valence-corrected chi connectivity index (χ3v) is 4.69. The van der Waals surface area contributed by atoms with E-state index in [1.165, 1.54) is 6.20 Å². The lowest BCUT2D eigenvalue weighted by atomic mass is 10.0. The van der Waals surface area contributed by atoms with Crippen molar-refractivity contribution >= 4 is 40.4 Å². The zero-order valence-corrected chi connectivity index (χ0v) is 17.2. The van der Waals surface area contributed by atoms with Crippen LogP contribution >= 0.6 is 11.6 Å². The number of ether oxygens (including phenoxy) is 1. The number of halogens is 1. The molecular weight excluding hydrogens is 400 g/mol. The van der Waals surface area contributed by atoms with Gasteiger partial charge in [-0.1, -0.05) is 11.6 Å².